The number of amides is 3. The second-order valence-electron chi connectivity index (χ2n) is 6.55. The molecule has 4 N–H and O–H groups in total. The first-order valence-electron chi connectivity index (χ1n) is 9.20. The quantitative estimate of drug-likeness (QED) is 0.416. The van der Waals surface area contributed by atoms with E-state index in [1.165, 1.54) is 7.11 Å². The van der Waals surface area contributed by atoms with Crippen molar-refractivity contribution in [3.8, 4) is 5.75 Å². The summed E-state index contributed by atoms with van der Waals surface area (Å²) in [5, 5.41) is 5.16. The Labute approximate surface area is 180 Å². The summed E-state index contributed by atoms with van der Waals surface area (Å²) >= 11 is 4.98. The number of hydrogen-bond acceptors (Lipinski definition) is 5. The summed E-state index contributed by atoms with van der Waals surface area (Å²) in [6.07, 6.45) is -0.0371. The van der Waals surface area contributed by atoms with E-state index in [-0.39, 0.29) is 23.9 Å². The second kappa shape index (κ2) is 10.9. The Kier molecular flexibility index (Phi) is 8.30. The lowest BCUT2D eigenvalue weighted by Gasteiger charge is -2.11. The maximum absolute atomic E-state index is 12.1. The number of carbonyl (C=O) groups excluding carboxylic acids is 3. The Hall–Kier alpha value is -3.46. The highest BCUT2D eigenvalue weighted by molar-refractivity contribution is 7.80. The van der Waals surface area contributed by atoms with Crippen molar-refractivity contribution >= 4 is 40.7 Å². The van der Waals surface area contributed by atoms with Gasteiger partial charge in [-0.05, 0) is 62.0 Å². The summed E-state index contributed by atoms with van der Waals surface area (Å²) in [6, 6.07) is 12.2. The van der Waals surface area contributed by atoms with E-state index in [4.69, 9.17) is 17.0 Å². The van der Waals surface area contributed by atoms with Crippen LogP contribution >= 0.6 is 12.2 Å². The van der Waals surface area contributed by atoms with Crippen LogP contribution in [0, 0.1) is 13.8 Å². The van der Waals surface area contributed by atoms with Crippen LogP contribution in [0.3, 0.4) is 0 Å². The molecule has 0 bridgehead atoms. The van der Waals surface area contributed by atoms with Crippen molar-refractivity contribution in [2.75, 3.05) is 12.4 Å². The average molecular weight is 429 g/mol. The number of methoxy groups -OCH3 is 1. The lowest BCUT2D eigenvalue weighted by Crippen LogP contribution is -2.48. The molecule has 0 spiro atoms. The first-order chi connectivity index (χ1) is 14.3. The minimum Gasteiger partial charge on any atom is -0.497 e. The van der Waals surface area contributed by atoms with Crippen LogP contribution in [0.25, 0.3) is 0 Å². The van der Waals surface area contributed by atoms with E-state index in [1.807, 2.05) is 32.0 Å². The molecule has 0 aliphatic heterocycles. The standard InChI is InChI=1S/C21H24N4O4S/c1-13-4-9-17(14(2)12-13)22-18(26)10-11-19(27)24-25-21(30)23-20(28)15-5-7-16(29-3)8-6-15/h4-9,12H,10-11H2,1-3H3,(H,22,26)(H,24,27)(H2,23,25,28,30). The topological polar surface area (TPSA) is 109 Å². The number of rotatable bonds is 6. The van der Waals surface area contributed by atoms with Crippen LogP contribution in [0.4, 0.5) is 5.69 Å². The van der Waals surface area contributed by atoms with Gasteiger partial charge in [-0.3, -0.25) is 30.6 Å². The molecule has 0 heterocycles. The number of anilines is 1. The second-order valence-corrected chi connectivity index (χ2v) is 6.96. The van der Waals surface area contributed by atoms with Crippen LogP contribution in [0.5, 0.6) is 5.75 Å². The fourth-order valence-electron chi connectivity index (χ4n) is 2.53. The van der Waals surface area contributed by atoms with Gasteiger partial charge in [-0.1, -0.05) is 17.7 Å². The molecule has 2 aromatic carbocycles. The molecule has 3 amide bonds. The molecule has 8 nitrogen and oxygen atoms in total. The van der Waals surface area contributed by atoms with Gasteiger partial charge in [0, 0.05) is 24.1 Å². The van der Waals surface area contributed by atoms with Gasteiger partial charge in [-0.25, -0.2) is 0 Å². The highest BCUT2D eigenvalue weighted by atomic mass is 32.1. The van der Waals surface area contributed by atoms with E-state index >= 15 is 0 Å². The fraction of sp³-hybridized carbons (Fsp3) is 0.238. The Balaban J connectivity index is 1.71. The normalized spacial score (nSPS) is 9.97. The largest absolute Gasteiger partial charge is 0.497 e. The molecular formula is C21H24N4O4S. The molecule has 30 heavy (non-hydrogen) atoms. The fourth-order valence-corrected chi connectivity index (χ4v) is 2.68. The summed E-state index contributed by atoms with van der Waals surface area (Å²) in [5.41, 5.74) is 7.94. The minimum atomic E-state index is -0.438. The van der Waals surface area contributed by atoms with Crippen molar-refractivity contribution in [2.24, 2.45) is 0 Å². The predicted molar refractivity (Wildman–Crippen MR) is 118 cm³/mol. The van der Waals surface area contributed by atoms with E-state index in [9.17, 15) is 14.4 Å². The van der Waals surface area contributed by atoms with Crippen molar-refractivity contribution in [2.45, 2.75) is 26.7 Å². The predicted octanol–water partition coefficient (Wildman–Crippen LogP) is 2.37. The van der Waals surface area contributed by atoms with Crippen LogP contribution in [0.2, 0.25) is 0 Å². The summed E-state index contributed by atoms with van der Waals surface area (Å²) in [4.78, 5) is 36.0. The molecule has 0 aliphatic rings. The van der Waals surface area contributed by atoms with Gasteiger partial charge in [0.05, 0.1) is 7.11 Å². The van der Waals surface area contributed by atoms with E-state index in [2.05, 4.69) is 21.5 Å². The number of aryl methyl sites for hydroxylation is 2. The molecule has 2 rings (SSSR count). The number of ether oxygens (including phenoxy) is 1. The molecule has 9 heteroatoms. The van der Waals surface area contributed by atoms with Gasteiger partial charge in [0.2, 0.25) is 11.8 Å². The van der Waals surface area contributed by atoms with Crippen molar-refractivity contribution in [3.05, 3.63) is 59.2 Å². The zero-order chi connectivity index (χ0) is 22.1. The van der Waals surface area contributed by atoms with E-state index < -0.39 is 11.8 Å². The maximum atomic E-state index is 12.1. The number of hydrogen-bond donors (Lipinski definition) is 4. The third kappa shape index (κ3) is 7.17. The number of carbonyl (C=O) groups is 3. The van der Waals surface area contributed by atoms with Gasteiger partial charge in [-0.2, -0.15) is 0 Å². The van der Waals surface area contributed by atoms with Crippen molar-refractivity contribution in [3.63, 3.8) is 0 Å². The van der Waals surface area contributed by atoms with Crippen molar-refractivity contribution in [1.82, 2.24) is 16.2 Å². The summed E-state index contributed by atoms with van der Waals surface area (Å²) in [6.45, 7) is 3.88. The van der Waals surface area contributed by atoms with Crippen molar-refractivity contribution in [1.29, 1.82) is 0 Å². The summed E-state index contributed by atoms with van der Waals surface area (Å²) in [7, 11) is 1.53. The van der Waals surface area contributed by atoms with E-state index in [0.29, 0.717) is 17.0 Å². The molecule has 0 aliphatic carbocycles. The third-order valence-corrected chi connectivity index (χ3v) is 4.33. The molecule has 0 fully saturated rings. The SMILES string of the molecule is COc1ccc(C(=O)NC(=S)NNC(=O)CCC(=O)Nc2ccc(C)cc2C)cc1. The van der Waals surface area contributed by atoms with Crippen LogP contribution in [0.1, 0.15) is 34.3 Å². The summed E-state index contributed by atoms with van der Waals surface area (Å²) < 4.78 is 5.03. The highest BCUT2D eigenvalue weighted by Gasteiger charge is 2.11. The average Bonchev–Trinajstić information content (AvgIpc) is 2.72. The Bertz CT molecular complexity index is 945. The van der Waals surface area contributed by atoms with Crippen molar-refractivity contribution < 1.29 is 19.1 Å². The van der Waals surface area contributed by atoms with Crippen LogP contribution in [0.15, 0.2) is 42.5 Å². The number of hydrazine groups is 1. The van der Waals surface area contributed by atoms with Gasteiger partial charge in [0.15, 0.2) is 5.11 Å². The molecule has 0 saturated carbocycles. The molecular weight excluding hydrogens is 404 g/mol. The molecule has 158 valence electrons. The molecule has 0 unspecified atom stereocenters. The van der Waals surface area contributed by atoms with Gasteiger partial charge in [-0.15, -0.1) is 0 Å². The molecule has 0 radical (unpaired) electrons. The molecule has 2 aromatic rings. The highest BCUT2D eigenvalue weighted by Crippen LogP contribution is 2.16. The zero-order valence-corrected chi connectivity index (χ0v) is 17.8. The number of benzene rings is 2. The lowest BCUT2D eigenvalue weighted by atomic mass is 10.1. The minimum absolute atomic E-state index is 0.00575. The zero-order valence-electron chi connectivity index (χ0n) is 17.0. The number of thiocarbonyl (C=S) groups is 1. The molecule has 0 aromatic heterocycles. The summed E-state index contributed by atoms with van der Waals surface area (Å²) in [5.74, 6) is -0.516. The first-order valence-corrected chi connectivity index (χ1v) is 9.60. The Morgan fingerprint density at radius 3 is 2.23 bits per heavy atom. The van der Waals surface area contributed by atoms with E-state index in [1.54, 1.807) is 24.3 Å². The van der Waals surface area contributed by atoms with Crippen LogP contribution < -0.4 is 26.2 Å². The lowest BCUT2D eigenvalue weighted by molar-refractivity contribution is -0.124. The molecule has 0 saturated heterocycles. The number of nitrogens with one attached hydrogen (secondary N) is 4. The first kappa shape index (κ1) is 22.8. The third-order valence-electron chi connectivity index (χ3n) is 4.13. The van der Waals surface area contributed by atoms with Crippen LogP contribution in [-0.4, -0.2) is 29.9 Å². The van der Waals surface area contributed by atoms with Gasteiger partial charge in [0.1, 0.15) is 5.75 Å². The Morgan fingerprint density at radius 2 is 1.60 bits per heavy atom. The van der Waals surface area contributed by atoms with Gasteiger partial charge < -0.3 is 10.1 Å². The molecule has 0 atom stereocenters. The Morgan fingerprint density at radius 1 is 0.933 bits per heavy atom. The monoisotopic (exact) mass is 428 g/mol. The van der Waals surface area contributed by atoms with Gasteiger partial charge >= 0.3 is 0 Å². The van der Waals surface area contributed by atoms with Crippen LogP contribution in [-0.2, 0) is 9.59 Å². The van der Waals surface area contributed by atoms with E-state index in [0.717, 1.165) is 11.1 Å². The van der Waals surface area contributed by atoms with Gasteiger partial charge in [0.25, 0.3) is 5.91 Å². The maximum Gasteiger partial charge on any atom is 0.257 e. The smallest absolute Gasteiger partial charge is 0.257 e.